The lowest BCUT2D eigenvalue weighted by molar-refractivity contribution is -0.139. The van der Waals surface area contributed by atoms with E-state index in [0.29, 0.717) is 26.2 Å². The Hall–Kier alpha value is -1.37. The summed E-state index contributed by atoms with van der Waals surface area (Å²) in [5, 5.41) is 0.103. The smallest absolute Gasteiger partial charge is 0.258 e. The first kappa shape index (κ1) is 20.9. The highest BCUT2D eigenvalue weighted by Crippen LogP contribution is 2.28. The number of piperazine rings is 1. The van der Waals surface area contributed by atoms with E-state index in [0.717, 1.165) is 32.1 Å². The van der Waals surface area contributed by atoms with Gasteiger partial charge >= 0.3 is 0 Å². The standard InChI is InChI=1S/C18H23ClFN3O2.ClH/c19-13-5-4-6-14(20)15(13)16(24)22-9-11-23(12-10-22)17(25)18(21)7-2-1-3-8-18;/h4-6H,1-3,7-12,21H2;1H. The van der Waals surface area contributed by atoms with Gasteiger partial charge in [-0.2, -0.15) is 0 Å². The van der Waals surface area contributed by atoms with Gasteiger partial charge in [-0.15, -0.1) is 12.4 Å². The molecule has 1 aliphatic heterocycles. The maximum atomic E-state index is 13.9. The van der Waals surface area contributed by atoms with Crippen LogP contribution in [0.3, 0.4) is 0 Å². The van der Waals surface area contributed by atoms with E-state index >= 15 is 0 Å². The Labute approximate surface area is 164 Å². The predicted octanol–water partition coefficient (Wildman–Crippen LogP) is 2.85. The first-order valence-corrected chi connectivity index (χ1v) is 9.12. The SMILES string of the molecule is Cl.NC1(C(=O)N2CCN(C(=O)c3c(F)cccc3Cl)CC2)CCCCC1. The lowest BCUT2D eigenvalue weighted by atomic mass is 9.81. The van der Waals surface area contributed by atoms with E-state index in [-0.39, 0.29) is 28.9 Å². The van der Waals surface area contributed by atoms with Crippen molar-refractivity contribution in [3.05, 3.63) is 34.6 Å². The molecule has 2 fully saturated rings. The average molecular weight is 404 g/mol. The van der Waals surface area contributed by atoms with Crippen LogP contribution in [0.4, 0.5) is 4.39 Å². The average Bonchev–Trinajstić information content (AvgIpc) is 2.61. The minimum absolute atomic E-state index is 0. The molecular formula is C18H24Cl2FN3O2. The number of carbonyl (C=O) groups is 2. The Balaban J connectivity index is 0.00000243. The summed E-state index contributed by atoms with van der Waals surface area (Å²) in [5.41, 5.74) is 5.45. The van der Waals surface area contributed by atoms with Crippen LogP contribution < -0.4 is 5.73 Å². The van der Waals surface area contributed by atoms with E-state index in [4.69, 9.17) is 17.3 Å². The van der Waals surface area contributed by atoms with Crippen molar-refractivity contribution in [1.82, 2.24) is 9.80 Å². The minimum atomic E-state index is -0.765. The van der Waals surface area contributed by atoms with Gasteiger partial charge in [0.2, 0.25) is 5.91 Å². The van der Waals surface area contributed by atoms with E-state index in [2.05, 4.69) is 0 Å². The molecule has 1 aromatic carbocycles. The van der Waals surface area contributed by atoms with E-state index in [9.17, 15) is 14.0 Å². The molecular weight excluding hydrogens is 380 g/mol. The first-order valence-electron chi connectivity index (χ1n) is 8.74. The summed E-state index contributed by atoms with van der Waals surface area (Å²) in [6.07, 6.45) is 4.52. The number of benzene rings is 1. The molecule has 0 radical (unpaired) electrons. The molecule has 1 aromatic rings. The lowest BCUT2D eigenvalue weighted by Gasteiger charge is -2.41. The number of amides is 2. The zero-order valence-electron chi connectivity index (χ0n) is 14.5. The summed E-state index contributed by atoms with van der Waals surface area (Å²) >= 11 is 5.97. The highest BCUT2D eigenvalue weighted by atomic mass is 35.5. The number of nitrogens with zero attached hydrogens (tertiary/aromatic N) is 2. The van der Waals surface area contributed by atoms with Gasteiger partial charge in [0, 0.05) is 26.2 Å². The summed E-state index contributed by atoms with van der Waals surface area (Å²) in [4.78, 5) is 28.6. The third kappa shape index (κ3) is 4.13. The van der Waals surface area contributed by atoms with Gasteiger partial charge < -0.3 is 15.5 Å². The van der Waals surface area contributed by atoms with E-state index < -0.39 is 17.3 Å². The van der Waals surface area contributed by atoms with Crippen LogP contribution in [0.1, 0.15) is 42.5 Å². The molecule has 2 aliphatic rings. The second-order valence-corrected chi connectivity index (χ2v) is 7.31. The molecule has 144 valence electrons. The lowest BCUT2D eigenvalue weighted by Crippen LogP contribution is -2.60. The summed E-state index contributed by atoms with van der Waals surface area (Å²) in [7, 11) is 0. The molecule has 0 atom stereocenters. The largest absolute Gasteiger partial charge is 0.338 e. The van der Waals surface area contributed by atoms with Gasteiger partial charge in [-0.3, -0.25) is 9.59 Å². The molecule has 1 saturated carbocycles. The summed E-state index contributed by atoms with van der Waals surface area (Å²) in [6.45, 7) is 1.53. The molecule has 3 rings (SSSR count). The number of halogens is 3. The fraction of sp³-hybridized carbons (Fsp3) is 0.556. The Morgan fingerprint density at radius 3 is 2.19 bits per heavy atom. The highest BCUT2D eigenvalue weighted by Gasteiger charge is 2.39. The van der Waals surface area contributed by atoms with Crippen LogP contribution in [0, 0.1) is 5.82 Å². The molecule has 0 unspecified atom stereocenters. The fourth-order valence-electron chi connectivity index (χ4n) is 3.68. The number of hydrogen-bond acceptors (Lipinski definition) is 3. The van der Waals surface area contributed by atoms with Crippen LogP contribution in [0.5, 0.6) is 0 Å². The topological polar surface area (TPSA) is 66.6 Å². The molecule has 8 heteroatoms. The van der Waals surface area contributed by atoms with Gasteiger partial charge in [-0.05, 0) is 25.0 Å². The van der Waals surface area contributed by atoms with E-state index in [1.807, 2.05) is 0 Å². The summed E-state index contributed by atoms with van der Waals surface area (Å²) in [5.74, 6) is -1.09. The van der Waals surface area contributed by atoms with Crippen molar-refractivity contribution in [1.29, 1.82) is 0 Å². The van der Waals surface area contributed by atoms with Crippen molar-refractivity contribution in [3.8, 4) is 0 Å². The second-order valence-electron chi connectivity index (χ2n) is 6.90. The second kappa shape index (κ2) is 8.55. The van der Waals surface area contributed by atoms with Crippen LogP contribution in [0.2, 0.25) is 5.02 Å². The molecule has 0 spiro atoms. The van der Waals surface area contributed by atoms with Crippen molar-refractivity contribution >= 4 is 35.8 Å². The van der Waals surface area contributed by atoms with Crippen LogP contribution in [0.25, 0.3) is 0 Å². The molecule has 5 nitrogen and oxygen atoms in total. The Kier molecular flexibility index (Phi) is 6.88. The van der Waals surface area contributed by atoms with E-state index in [1.165, 1.54) is 23.1 Å². The van der Waals surface area contributed by atoms with Gasteiger partial charge in [-0.25, -0.2) is 4.39 Å². The number of hydrogen-bond donors (Lipinski definition) is 1. The van der Waals surface area contributed by atoms with Crippen molar-refractivity contribution in [3.63, 3.8) is 0 Å². The monoisotopic (exact) mass is 403 g/mol. The number of nitrogens with two attached hydrogens (primary N) is 1. The van der Waals surface area contributed by atoms with Gasteiger partial charge in [0.05, 0.1) is 16.1 Å². The molecule has 1 heterocycles. The van der Waals surface area contributed by atoms with Crippen LogP contribution in [-0.2, 0) is 4.79 Å². The minimum Gasteiger partial charge on any atom is -0.338 e. The molecule has 1 aliphatic carbocycles. The Morgan fingerprint density at radius 2 is 1.62 bits per heavy atom. The van der Waals surface area contributed by atoms with Crippen molar-refractivity contribution in [2.75, 3.05) is 26.2 Å². The van der Waals surface area contributed by atoms with Gasteiger partial charge in [-0.1, -0.05) is 36.9 Å². The predicted molar refractivity (Wildman–Crippen MR) is 101 cm³/mol. The number of carbonyl (C=O) groups excluding carboxylic acids is 2. The van der Waals surface area contributed by atoms with Gasteiger partial charge in [0.1, 0.15) is 5.82 Å². The summed E-state index contributed by atoms with van der Waals surface area (Å²) < 4.78 is 13.9. The number of rotatable bonds is 2. The van der Waals surface area contributed by atoms with Gasteiger partial charge in [0.25, 0.3) is 5.91 Å². The molecule has 2 N–H and O–H groups in total. The van der Waals surface area contributed by atoms with Crippen LogP contribution in [-0.4, -0.2) is 53.3 Å². The maximum Gasteiger partial charge on any atom is 0.258 e. The van der Waals surface area contributed by atoms with Crippen molar-refractivity contribution in [2.45, 2.75) is 37.6 Å². The quantitative estimate of drug-likeness (QED) is 0.825. The third-order valence-corrected chi connectivity index (χ3v) is 5.52. The zero-order chi connectivity index (χ0) is 18.0. The fourth-order valence-corrected chi connectivity index (χ4v) is 3.93. The van der Waals surface area contributed by atoms with Crippen molar-refractivity contribution in [2.24, 2.45) is 5.73 Å². The first-order chi connectivity index (χ1) is 11.9. The third-order valence-electron chi connectivity index (χ3n) is 5.20. The molecule has 0 bridgehead atoms. The van der Waals surface area contributed by atoms with Crippen LogP contribution in [0.15, 0.2) is 18.2 Å². The Bertz CT molecular complexity index is 652. The molecule has 26 heavy (non-hydrogen) atoms. The molecule has 2 amide bonds. The Morgan fingerprint density at radius 1 is 1.04 bits per heavy atom. The maximum absolute atomic E-state index is 13.9. The molecule has 0 aromatic heterocycles. The molecule has 1 saturated heterocycles. The van der Waals surface area contributed by atoms with Gasteiger partial charge in [0.15, 0.2) is 0 Å². The summed E-state index contributed by atoms with van der Waals surface area (Å²) in [6, 6.07) is 4.19. The van der Waals surface area contributed by atoms with Crippen molar-refractivity contribution < 1.29 is 14.0 Å². The zero-order valence-corrected chi connectivity index (χ0v) is 16.1. The highest BCUT2D eigenvalue weighted by molar-refractivity contribution is 6.33. The van der Waals surface area contributed by atoms with E-state index in [1.54, 1.807) is 4.90 Å². The van der Waals surface area contributed by atoms with Crippen LogP contribution >= 0.6 is 24.0 Å². The normalized spacial score (nSPS) is 19.7.